The summed E-state index contributed by atoms with van der Waals surface area (Å²) in [4.78, 5) is 4.40. The highest BCUT2D eigenvalue weighted by molar-refractivity contribution is 7.77. The first-order chi connectivity index (χ1) is 12.1. The van der Waals surface area contributed by atoms with Crippen LogP contribution in [0.2, 0.25) is 0 Å². The normalized spacial score (nSPS) is 12.1. The molecule has 0 aliphatic rings. The summed E-state index contributed by atoms with van der Waals surface area (Å²) in [5.41, 5.74) is 3.71. The Morgan fingerprint density at radius 2 is 1.76 bits per heavy atom. The fraction of sp³-hybridized carbons (Fsp3) is 0.167. The molecule has 0 saturated carbocycles. The van der Waals surface area contributed by atoms with Gasteiger partial charge in [-0.05, 0) is 28.8 Å². The lowest BCUT2D eigenvalue weighted by Gasteiger charge is -2.12. The van der Waals surface area contributed by atoms with Crippen molar-refractivity contribution in [2.45, 2.75) is 6.54 Å². The van der Waals surface area contributed by atoms with E-state index in [4.69, 9.17) is 9.47 Å². The van der Waals surface area contributed by atoms with Crippen molar-refractivity contribution in [2.75, 3.05) is 14.2 Å². The van der Waals surface area contributed by atoms with E-state index in [9.17, 15) is 8.76 Å². The van der Waals surface area contributed by atoms with Crippen molar-refractivity contribution in [3.8, 4) is 22.6 Å². The summed E-state index contributed by atoms with van der Waals surface area (Å²) < 4.78 is 34.2. The molecule has 0 amide bonds. The van der Waals surface area contributed by atoms with Gasteiger partial charge in [0.25, 0.3) is 0 Å². The maximum atomic E-state index is 10.6. The van der Waals surface area contributed by atoms with Gasteiger partial charge < -0.3 is 14.0 Å². The standard InChI is InChI=1S/C18H18N2O4S/c1-23-17-9-15-14(7-8-19-16(15)10-18(17)24-2)13-5-3-12(4-6-13)11-20-25(21)22/h3-10,20H,11H2,1-2H3,(H,21,22)/p-1. The Balaban J connectivity index is 2.01. The molecule has 3 aromatic rings. The molecule has 1 atom stereocenters. The van der Waals surface area contributed by atoms with Crippen molar-refractivity contribution >= 4 is 22.2 Å². The molecule has 6 nitrogen and oxygen atoms in total. The van der Waals surface area contributed by atoms with Gasteiger partial charge in [0, 0.05) is 35.5 Å². The number of nitrogens with zero attached hydrogens (tertiary/aromatic N) is 1. The van der Waals surface area contributed by atoms with E-state index in [1.54, 1.807) is 20.4 Å². The minimum Gasteiger partial charge on any atom is -0.760 e. The summed E-state index contributed by atoms with van der Waals surface area (Å²) in [6, 6.07) is 13.4. The van der Waals surface area contributed by atoms with Crippen molar-refractivity contribution in [2.24, 2.45) is 0 Å². The quantitative estimate of drug-likeness (QED) is 0.686. The summed E-state index contributed by atoms with van der Waals surface area (Å²) in [5.74, 6) is 1.27. The van der Waals surface area contributed by atoms with Gasteiger partial charge >= 0.3 is 0 Å². The highest BCUT2D eigenvalue weighted by Crippen LogP contribution is 2.36. The van der Waals surface area contributed by atoms with E-state index >= 15 is 0 Å². The smallest absolute Gasteiger partial charge is 0.162 e. The lowest BCUT2D eigenvalue weighted by molar-refractivity contribution is 0.356. The third-order valence-electron chi connectivity index (χ3n) is 3.91. The predicted octanol–water partition coefficient (Wildman–Crippen LogP) is 2.80. The Hall–Kier alpha value is -2.48. The third kappa shape index (κ3) is 3.79. The van der Waals surface area contributed by atoms with E-state index < -0.39 is 11.3 Å². The lowest BCUT2D eigenvalue weighted by Crippen LogP contribution is -2.15. The highest BCUT2D eigenvalue weighted by atomic mass is 32.2. The second kappa shape index (κ2) is 7.60. The third-order valence-corrected chi connectivity index (χ3v) is 4.29. The first kappa shape index (κ1) is 17.3. The average Bonchev–Trinajstić information content (AvgIpc) is 2.65. The van der Waals surface area contributed by atoms with Crippen LogP contribution in [0.15, 0.2) is 48.7 Å². The van der Waals surface area contributed by atoms with Crippen molar-refractivity contribution in [1.82, 2.24) is 9.71 Å². The Bertz CT molecular complexity index is 913. The maximum absolute atomic E-state index is 10.6. The molecule has 0 saturated heterocycles. The zero-order valence-electron chi connectivity index (χ0n) is 13.8. The van der Waals surface area contributed by atoms with E-state index in [2.05, 4.69) is 9.71 Å². The predicted molar refractivity (Wildman–Crippen MR) is 96.0 cm³/mol. The number of methoxy groups -OCH3 is 2. The number of fused-ring (bicyclic) bond motifs is 1. The van der Waals surface area contributed by atoms with E-state index in [1.807, 2.05) is 42.5 Å². The molecule has 1 N–H and O–H groups in total. The molecule has 0 aliphatic carbocycles. The topological polar surface area (TPSA) is 83.5 Å². The second-order valence-corrected chi connectivity index (χ2v) is 6.09. The minimum atomic E-state index is -2.27. The number of pyridine rings is 1. The van der Waals surface area contributed by atoms with Crippen LogP contribution in [0.5, 0.6) is 11.5 Å². The lowest BCUT2D eigenvalue weighted by atomic mass is 10.00. The van der Waals surface area contributed by atoms with Crippen molar-refractivity contribution < 1.29 is 18.2 Å². The van der Waals surface area contributed by atoms with Crippen molar-refractivity contribution in [1.29, 1.82) is 0 Å². The largest absolute Gasteiger partial charge is 0.760 e. The van der Waals surface area contributed by atoms with Crippen LogP contribution in [0.4, 0.5) is 0 Å². The van der Waals surface area contributed by atoms with Gasteiger partial charge in [-0.25, -0.2) is 4.72 Å². The summed E-state index contributed by atoms with van der Waals surface area (Å²) in [6.07, 6.45) is 1.75. The summed E-state index contributed by atoms with van der Waals surface area (Å²) in [7, 11) is 3.19. The number of nitrogens with one attached hydrogen (secondary N) is 1. The van der Waals surface area contributed by atoms with Crippen LogP contribution >= 0.6 is 0 Å². The fourth-order valence-electron chi connectivity index (χ4n) is 2.67. The van der Waals surface area contributed by atoms with Gasteiger partial charge in [0.05, 0.1) is 19.7 Å². The van der Waals surface area contributed by atoms with E-state index in [1.165, 1.54) is 0 Å². The maximum Gasteiger partial charge on any atom is 0.162 e. The zero-order chi connectivity index (χ0) is 17.8. The first-order valence-electron chi connectivity index (χ1n) is 7.55. The average molecular weight is 357 g/mol. The molecule has 1 unspecified atom stereocenters. The molecular weight excluding hydrogens is 340 g/mol. The summed E-state index contributed by atoms with van der Waals surface area (Å²) >= 11 is -2.27. The monoisotopic (exact) mass is 357 g/mol. The molecule has 25 heavy (non-hydrogen) atoms. The number of hydrogen-bond acceptors (Lipinski definition) is 5. The summed E-state index contributed by atoms with van der Waals surface area (Å²) in [6.45, 7) is 0.262. The van der Waals surface area contributed by atoms with E-state index in [0.717, 1.165) is 27.6 Å². The first-order valence-corrected chi connectivity index (χ1v) is 8.62. The number of rotatable bonds is 6. The molecule has 2 aromatic carbocycles. The molecule has 0 radical (unpaired) electrons. The van der Waals surface area contributed by atoms with E-state index in [0.29, 0.717) is 11.5 Å². The molecule has 7 heteroatoms. The Kier molecular flexibility index (Phi) is 5.28. The van der Waals surface area contributed by atoms with Gasteiger partial charge in [-0.3, -0.25) is 9.19 Å². The van der Waals surface area contributed by atoms with Gasteiger partial charge in [0.2, 0.25) is 0 Å². The van der Waals surface area contributed by atoms with Crippen LogP contribution in [0.3, 0.4) is 0 Å². The molecule has 0 bridgehead atoms. The zero-order valence-corrected chi connectivity index (χ0v) is 14.6. The van der Waals surface area contributed by atoms with Crippen LogP contribution in [-0.2, 0) is 17.8 Å². The van der Waals surface area contributed by atoms with E-state index in [-0.39, 0.29) is 6.54 Å². The molecule has 0 fully saturated rings. The Morgan fingerprint density at radius 3 is 2.40 bits per heavy atom. The van der Waals surface area contributed by atoms with Crippen LogP contribution < -0.4 is 14.2 Å². The molecule has 130 valence electrons. The summed E-state index contributed by atoms with van der Waals surface area (Å²) in [5, 5.41) is 0.951. The Morgan fingerprint density at radius 1 is 1.08 bits per heavy atom. The van der Waals surface area contributed by atoms with Gasteiger partial charge in [-0.1, -0.05) is 24.3 Å². The molecule has 0 spiro atoms. The van der Waals surface area contributed by atoms with Crippen LogP contribution in [-0.4, -0.2) is 28.0 Å². The van der Waals surface area contributed by atoms with Crippen molar-refractivity contribution in [3.63, 3.8) is 0 Å². The van der Waals surface area contributed by atoms with Gasteiger partial charge in [-0.2, -0.15) is 0 Å². The minimum absolute atomic E-state index is 0.262. The van der Waals surface area contributed by atoms with Gasteiger partial charge in [0.15, 0.2) is 11.5 Å². The van der Waals surface area contributed by atoms with Crippen LogP contribution in [0.25, 0.3) is 22.0 Å². The second-order valence-electron chi connectivity index (χ2n) is 5.34. The number of ether oxygens (including phenoxy) is 2. The SMILES string of the molecule is COc1cc2nccc(-c3ccc(CNS(=O)[O-])cc3)c2cc1OC. The van der Waals surface area contributed by atoms with Crippen LogP contribution in [0, 0.1) is 0 Å². The Labute approximate surface area is 148 Å². The molecule has 0 aliphatic heterocycles. The molecule has 1 aromatic heterocycles. The molecule has 1 heterocycles. The number of aromatic nitrogens is 1. The van der Waals surface area contributed by atoms with Crippen molar-refractivity contribution in [3.05, 3.63) is 54.2 Å². The number of benzene rings is 2. The van der Waals surface area contributed by atoms with Gasteiger partial charge in [0.1, 0.15) is 0 Å². The molecule has 3 rings (SSSR count). The number of hydrogen-bond donors (Lipinski definition) is 1. The fourth-order valence-corrected chi connectivity index (χ4v) is 2.95. The molecular formula is C18H17N2O4S-. The van der Waals surface area contributed by atoms with Gasteiger partial charge in [-0.15, -0.1) is 0 Å². The highest BCUT2D eigenvalue weighted by Gasteiger charge is 2.11. The van der Waals surface area contributed by atoms with Crippen LogP contribution in [0.1, 0.15) is 5.56 Å².